The summed E-state index contributed by atoms with van der Waals surface area (Å²) in [5, 5.41) is 4.50. The lowest BCUT2D eigenvalue weighted by molar-refractivity contribution is -0.139. The second-order valence-electron chi connectivity index (χ2n) is 6.70. The van der Waals surface area contributed by atoms with Gasteiger partial charge in [-0.2, -0.15) is 0 Å². The van der Waals surface area contributed by atoms with E-state index in [1.807, 2.05) is 38.1 Å². The van der Waals surface area contributed by atoms with Gasteiger partial charge in [0.1, 0.15) is 6.04 Å². The van der Waals surface area contributed by atoms with Gasteiger partial charge >= 0.3 is 0 Å². The summed E-state index contributed by atoms with van der Waals surface area (Å²) in [6.07, 6.45) is 0.505. The predicted molar refractivity (Wildman–Crippen MR) is 127 cm³/mol. The summed E-state index contributed by atoms with van der Waals surface area (Å²) in [7, 11) is 0. The lowest BCUT2D eigenvalue weighted by Crippen LogP contribution is -2.49. The maximum absolute atomic E-state index is 13.1. The monoisotopic (exact) mass is 486 g/mol. The molecule has 2 aromatic rings. The fourth-order valence-corrected chi connectivity index (χ4v) is 4.43. The van der Waals surface area contributed by atoms with Crippen LogP contribution in [0.2, 0.25) is 15.1 Å². The van der Waals surface area contributed by atoms with E-state index in [9.17, 15) is 9.59 Å². The highest BCUT2D eigenvalue weighted by atomic mass is 35.5. The Morgan fingerprint density at radius 1 is 1.03 bits per heavy atom. The standard InChI is InChI=1S/C22H25Cl3N2O2S/c1-3-20(22(29)26-4-2)27(12-16-7-10-18(24)11-19(16)25)21(28)14-30-13-15-5-8-17(23)9-6-15/h5-11,20H,3-4,12-14H2,1-2H3,(H,26,29)/t20-/m0/s1. The number of thioether (sulfide) groups is 1. The molecule has 0 saturated carbocycles. The van der Waals surface area contributed by atoms with Crippen molar-refractivity contribution >= 4 is 58.4 Å². The van der Waals surface area contributed by atoms with Crippen molar-refractivity contribution in [2.45, 2.75) is 38.6 Å². The topological polar surface area (TPSA) is 49.4 Å². The molecule has 0 aliphatic rings. The Labute approximate surface area is 197 Å². The van der Waals surface area contributed by atoms with Gasteiger partial charge in [-0.1, -0.05) is 59.9 Å². The molecule has 0 aliphatic heterocycles. The number of halogens is 3. The highest BCUT2D eigenvalue weighted by Crippen LogP contribution is 2.24. The van der Waals surface area contributed by atoms with Gasteiger partial charge in [0.15, 0.2) is 0 Å². The third-order valence-electron chi connectivity index (χ3n) is 4.50. The van der Waals surface area contributed by atoms with Gasteiger partial charge in [-0.15, -0.1) is 11.8 Å². The van der Waals surface area contributed by atoms with Gasteiger partial charge in [-0.05, 0) is 48.7 Å². The number of nitrogens with one attached hydrogen (secondary N) is 1. The molecule has 0 bridgehead atoms. The third-order valence-corrected chi connectivity index (χ3v) is 6.33. The van der Waals surface area contributed by atoms with E-state index in [1.165, 1.54) is 11.8 Å². The third kappa shape index (κ3) is 7.38. The Hall–Kier alpha value is -1.40. The van der Waals surface area contributed by atoms with Crippen molar-refractivity contribution in [1.82, 2.24) is 10.2 Å². The van der Waals surface area contributed by atoms with Crippen molar-refractivity contribution in [1.29, 1.82) is 0 Å². The van der Waals surface area contributed by atoms with E-state index in [0.717, 1.165) is 11.1 Å². The van der Waals surface area contributed by atoms with Crippen molar-refractivity contribution < 1.29 is 9.59 Å². The molecule has 30 heavy (non-hydrogen) atoms. The van der Waals surface area contributed by atoms with Gasteiger partial charge in [-0.3, -0.25) is 9.59 Å². The summed E-state index contributed by atoms with van der Waals surface area (Å²) >= 11 is 19.7. The molecular weight excluding hydrogens is 463 g/mol. The number of nitrogens with zero attached hydrogens (tertiary/aromatic N) is 1. The van der Waals surface area contributed by atoms with Crippen molar-refractivity contribution in [2.24, 2.45) is 0 Å². The molecule has 2 rings (SSSR count). The average molecular weight is 488 g/mol. The minimum Gasteiger partial charge on any atom is -0.355 e. The number of rotatable bonds is 10. The smallest absolute Gasteiger partial charge is 0.242 e. The first kappa shape index (κ1) is 24.9. The van der Waals surface area contributed by atoms with Gasteiger partial charge in [0, 0.05) is 33.9 Å². The van der Waals surface area contributed by atoms with E-state index in [4.69, 9.17) is 34.8 Å². The summed E-state index contributed by atoms with van der Waals surface area (Å²) in [6, 6.07) is 12.1. The van der Waals surface area contributed by atoms with Crippen LogP contribution in [0.25, 0.3) is 0 Å². The molecule has 0 heterocycles. The first-order valence-electron chi connectivity index (χ1n) is 9.69. The summed E-state index contributed by atoms with van der Waals surface area (Å²) in [5.41, 5.74) is 1.83. The summed E-state index contributed by atoms with van der Waals surface area (Å²) < 4.78 is 0. The number of carbonyl (C=O) groups is 2. The van der Waals surface area contributed by atoms with Gasteiger partial charge < -0.3 is 10.2 Å². The Balaban J connectivity index is 2.14. The number of likely N-dealkylation sites (N-methyl/N-ethyl adjacent to an activating group) is 1. The first-order valence-corrected chi connectivity index (χ1v) is 12.0. The van der Waals surface area contributed by atoms with Crippen LogP contribution in [-0.2, 0) is 21.9 Å². The first-order chi connectivity index (χ1) is 14.3. The average Bonchev–Trinajstić information content (AvgIpc) is 2.71. The molecule has 162 valence electrons. The zero-order valence-corrected chi connectivity index (χ0v) is 20.0. The number of benzene rings is 2. The van der Waals surface area contributed by atoms with Crippen LogP contribution in [0.4, 0.5) is 0 Å². The fourth-order valence-electron chi connectivity index (χ4n) is 2.96. The van der Waals surface area contributed by atoms with Gasteiger partial charge in [0.25, 0.3) is 0 Å². The second-order valence-corrected chi connectivity index (χ2v) is 8.96. The van der Waals surface area contributed by atoms with Crippen LogP contribution >= 0.6 is 46.6 Å². The maximum atomic E-state index is 13.1. The molecule has 8 heteroatoms. The molecule has 2 aromatic carbocycles. The van der Waals surface area contributed by atoms with Crippen molar-refractivity contribution in [3.63, 3.8) is 0 Å². The molecule has 0 saturated heterocycles. The summed E-state index contributed by atoms with van der Waals surface area (Å²) in [5.74, 6) is 0.652. The SMILES string of the molecule is CCNC(=O)[C@H](CC)N(Cc1ccc(Cl)cc1Cl)C(=O)CSCc1ccc(Cl)cc1. The van der Waals surface area contributed by atoms with Gasteiger partial charge in [-0.25, -0.2) is 0 Å². The number of amides is 2. The zero-order valence-electron chi connectivity index (χ0n) is 17.0. The maximum Gasteiger partial charge on any atom is 0.242 e. The summed E-state index contributed by atoms with van der Waals surface area (Å²) in [4.78, 5) is 27.3. The van der Waals surface area contributed by atoms with Crippen molar-refractivity contribution in [3.05, 3.63) is 68.7 Å². The highest BCUT2D eigenvalue weighted by Gasteiger charge is 2.28. The number of carbonyl (C=O) groups excluding carboxylic acids is 2. The normalized spacial score (nSPS) is 11.8. The molecular formula is C22H25Cl3N2O2S. The van der Waals surface area contributed by atoms with E-state index >= 15 is 0 Å². The predicted octanol–water partition coefficient (Wildman–Crippen LogP) is 5.82. The van der Waals surface area contributed by atoms with Gasteiger partial charge in [0.2, 0.25) is 11.8 Å². The van der Waals surface area contributed by atoms with Crippen LogP contribution in [-0.4, -0.2) is 35.1 Å². The molecule has 0 spiro atoms. The largest absolute Gasteiger partial charge is 0.355 e. The molecule has 4 nitrogen and oxygen atoms in total. The lowest BCUT2D eigenvalue weighted by atomic mass is 10.1. The quantitative estimate of drug-likeness (QED) is 0.459. The minimum atomic E-state index is -0.569. The number of hydrogen-bond acceptors (Lipinski definition) is 3. The number of hydrogen-bond donors (Lipinski definition) is 1. The molecule has 0 radical (unpaired) electrons. The van der Waals surface area contributed by atoms with E-state index < -0.39 is 6.04 Å². The van der Waals surface area contributed by atoms with E-state index in [-0.39, 0.29) is 24.1 Å². The molecule has 0 aliphatic carbocycles. The van der Waals surface area contributed by atoms with E-state index in [1.54, 1.807) is 23.1 Å². The van der Waals surface area contributed by atoms with E-state index in [0.29, 0.717) is 33.8 Å². The molecule has 0 aromatic heterocycles. The summed E-state index contributed by atoms with van der Waals surface area (Å²) in [6.45, 7) is 4.50. The molecule has 0 unspecified atom stereocenters. The molecule has 1 atom stereocenters. The molecule has 1 N–H and O–H groups in total. The molecule has 0 fully saturated rings. The Bertz CT molecular complexity index is 862. The highest BCUT2D eigenvalue weighted by molar-refractivity contribution is 7.99. The van der Waals surface area contributed by atoms with Crippen LogP contribution in [0.15, 0.2) is 42.5 Å². The zero-order chi connectivity index (χ0) is 22.1. The van der Waals surface area contributed by atoms with Crippen LogP contribution in [0, 0.1) is 0 Å². The Kier molecular flexibility index (Phi) is 10.3. The second kappa shape index (κ2) is 12.5. The lowest BCUT2D eigenvalue weighted by Gasteiger charge is -2.30. The van der Waals surface area contributed by atoms with Crippen LogP contribution in [0.5, 0.6) is 0 Å². The minimum absolute atomic E-state index is 0.113. The fraction of sp³-hybridized carbons (Fsp3) is 0.364. The van der Waals surface area contributed by atoms with Crippen molar-refractivity contribution in [2.75, 3.05) is 12.3 Å². The Morgan fingerprint density at radius 3 is 2.30 bits per heavy atom. The van der Waals surface area contributed by atoms with Crippen LogP contribution < -0.4 is 5.32 Å². The van der Waals surface area contributed by atoms with E-state index in [2.05, 4.69) is 5.32 Å². The Morgan fingerprint density at radius 2 is 1.70 bits per heavy atom. The van der Waals surface area contributed by atoms with Gasteiger partial charge in [0.05, 0.1) is 5.75 Å². The molecule has 2 amide bonds. The van der Waals surface area contributed by atoms with Crippen LogP contribution in [0.1, 0.15) is 31.4 Å². The van der Waals surface area contributed by atoms with Crippen molar-refractivity contribution in [3.8, 4) is 0 Å². The van der Waals surface area contributed by atoms with Crippen LogP contribution in [0.3, 0.4) is 0 Å².